The summed E-state index contributed by atoms with van der Waals surface area (Å²) in [5.74, 6) is -2.54. The summed E-state index contributed by atoms with van der Waals surface area (Å²) in [7, 11) is 0. The van der Waals surface area contributed by atoms with Crippen molar-refractivity contribution in [2.45, 2.75) is 19.8 Å². The Balaban J connectivity index is 2.66. The molecule has 0 bridgehead atoms. The molecule has 2 rings (SSSR count). The van der Waals surface area contributed by atoms with E-state index < -0.39 is 27.8 Å². The van der Waals surface area contributed by atoms with Gasteiger partial charge in [-0.05, 0) is 12.5 Å². The molecule has 0 radical (unpaired) electrons. The number of nitrogen functional groups attached to an aromatic ring is 1. The fraction of sp³-hybridized carbons (Fsp3) is 0.231. The largest absolute Gasteiger partial charge is 0.384 e. The van der Waals surface area contributed by atoms with Gasteiger partial charge in [-0.25, -0.2) is 14.4 Å². The molecule has 2 aromatic rings. The number of anilines is 1. The van der Waals surface area contributed by atoms with E-state index in [9.17, 15) is 18.9 Å². The van der Waals surface area contributed by atoms with E-state index >= 15 is 0 Å². The summed E-state index contributed by atoms with van der Waals surface area (Å²) in [5, 5.41) is 10.7. The average molecular weight is 294 g/mol. The van der Waals surface area contributed by atoms with Gasteiger partial charge in [-0.15, -0.1) is 0 Å². The SMILES string of the molecule is CCCc1cc(N)nc(-c2c(F)ccc([N+](=O)[O-])c2F)n1. The first-order valence-electron chi connectivity index (χ1n) is 6.20. The number of rotatable bonds is 4. The van der Waals surface area contributed by atoms with Gasteiger partial charge in [0.2, 0.25) is 5.82 Å². The minimum absolute atomic E-state index is 0.0498. The Morgan fingerprint density at radius 1 is 1.33 bits per heavy atom. The average Bonchev–Trinajstić information content (AvgIpc) is 2.38. The third-order valence-corrected chi connectivity index (χ3v) is 2.80. The fourth-order valence-corrected chi connectivity index (χ4v) is 1.90. The van der Waals surface area contributed by atoms with Crippen molar-refractivity contribution in [1.82, 2.24) is 9.97 Å². The lowest BCUT2D eigenvalue weighted by molar-refractivity contribution is -0.387. The third kappa shape index (κ3) is 2.93. The number of halogens is 2. The van der Waals surface area contributed by atoms with E-state index in [1.54, 1.807) is 0 Å². The predicted molar refractivity (Wildman–Crippen MR) is 72.4 cm³/mol. The zero-order valence-electron chi connectivity index (χ0n) is 11.1. The Labute approximate surface area is 118 Å². The molecule has 0 saturated carbocycles. The standard InChI is InChI=1S/C13H12F2N4O2/c1-2-3-7-6-10(16)18-13(17-7)11-8(14)4-5-9(12(11)15)19(20)21/h4-6H,2-3H2,1H3,(H2,16,17,18). The Morgan fingerprint density at radius 3 is 2.67 bits per heavy atom. The number of hydrogen-bond donors (Lipinski definition) is 1. The van der Waals surface area contributed by atoms with Gasteiger partial charge in [-0.1, -0.05) is 13.3 Å². The van der Waals surface area contributed by atoms with Gasteiger partial charge in [0, 0.05) is 17.8 Å². The number of nitro groups is 1. The second-order valence-electron chi connectivity index (χ2n) is 4.37. The lowest BCUT2D eigenvalue weighted by Crippen LogP contribution is -2.04. The van der Waals surface area contributed by atoms with E-state index in [1.165, 1.54) is 6.07 Å². The van der Waals surface area contributed by atoms with Crippen molar-refractivity contribution in [3.63, 3.8) is 0 Å². The van der Waals surface area contributed by atoms with Crippen LogP contribution < -0.4 is 5.73 Å². The minimum Gasteiger partial charge on any atom is -0.384 e. The molecule has 0 unspecified atom stereocenters. The van der Waals surface area contributed by atoms with Crippen LogP contribution in [-0.4, -0.2) is 14.9 Å². The highest BCUT2D eigenvalue weighted by Gasteiger charge is 2.24. The van der Waals surface area contributed by atoms with Crippen molar-refractivity contribution >= 4 is 11.5 Å². The number of benzene rings is 1. The highest BCUT2D eigenvalue weighted by molar-refractivity contribution is 5.63. The number of nitro benzene ring substituents is 1. The lowest BCUT2D eigenvalue weighted by atomic mass is 10.1. The molecule has 0 fully saturated rings. The van der Waals surface area contributed by atoms with Gasteiger partial charge in [0.25, 0.3) is 0 Å². The molecule has 0 spiro atoms. The van der Waals surface area contributed by atoms with Crippen LogP contribution >= 0.6 is 0 Å². The molecule has 110 valence electrons. The second-order valence-corrected chi connectivity index (χ2v) is 4.37. The summed E-state index contributed by atoms with van der Waals surface area (Å²) >= 11 is 0. The minimum atomic E-state index is -1.31. The molecule has 0 saturated heterocycles. The molecule has 0 amide bonds. The number of nitrogens with two attached hydrogens (primary N) is 1. The maximum absolute atomic E-state index is 14.1. The van der Waals surface area contributed by atoms with Crippen LogP contribution in [0.15, 0.2) is 18.2 Å². The van der Waals surface area contributed by atoms with Crippen LogP contribution in [0.1, 0.15) is 19.0 Å². The zero-order chi connectivity index (χ0) is 15.6. The summed E-state index contributed by atoms with van der Waals surface area (Å²) in [6.07, 6.45) is 1.31. The van der Waals surface area contributed by atoms with Crippen molar-refractivity contribution in [1.29, 1.82) is 0 Å². The predicted octanol–water partition coefficient (Wildman–Crippen LogP) is 2.86. The molecular weight excluding hydrogens is 282 g/mol. The smallest absolute Gasteiger partial charge is 0.305 e. The summed E-state index contributed by atoms with van der Waals surface area (Å²) in [5.41, 5.74) is 4.63. The van der Waals surface area contributed by atoms with Gasteiger partial charge in [-0.2, -0.15) is 4.39 Å². The number of nitrogens with zero attached hydrogens (tertiary/aromatic N) is 3. The van der Waals surface area contributed by atoms with Crippen molar-refractivity contribution in [2.75, 3.05) is 5.73 Å². The third-order valence-electron chi connectivity index (χ3n) is 2.80. The van der Waals surface area contributed by atoms with Gasteiger partial charge >= 0.3 is 5.69 Å². The van der Waals surface area contributed by atoms with E-state index in [2.05, 4.69) is 9.97 Å². The van der Waals surface area contributed by atoms with Gasteiger partial charge in [0.05, 0.1) is 10.5 Å². The Hall–Kier alpha value is -2.64. The molecule has 0 atom stereocenters. The van der Waals surface area contributed by atoms with Gasteiger partial charge in [0.15, 0.2) is 5.82 Å². The first-order valence-corrected chi connectivity index (χ1v) is 6.20. The molecule has 1 aromatic carbocycles. The molecule has 1 heterocycles. The summed E-state index contributed by atoms with van der Waals surface area (Å²) in [6.45, 7) is 1.91. The summed E-state index contributed by atoms with van der Waals surface area (Å²) < 4.78 is 28.0. The molecule has 1 aromatic heterocycles. The molecule has 6 nitrogen and oxygen atoms in total. The van der Waals surface area contributed by atoms with Gasteiger partial charge in [0.1, 0.15) is 11.6 Å². The fourth-order valence-electron chi connectivity index (χ4n) is 1.90. The van der Waals surface area contributed by atoms with Crippen molar-refractivity contribution < 1.29 is 13.7 Å². The van der Waals surface area contributed by atoms with E-state index in [1.807, 2.05) is 6.92 Å². The van der Waals surface area contributed by atoms with E-state index in [0.717, 1.165) is 18.6 Å². The number of aromatic nitrogens is 2. The lowest BCUT2D eigenvalue weighted by Gasteiger charge is -2.07. The topological polar surface area (TPSA) is 94.9 Å². The molecule has 8 heteroatoms. The second kappa shape index (κ2) is 5.78. The summed E-state index contributed by atoms with van der Waals surface area (Å²) in [6, 6.07) is 3.07. The molecular formula is C13H12F2N4O2. The monoisotopic (exact) mass is 294 g/mol. The van der Waals surface area contributed by atoms with E-state index in [0.29, 0.717) is 12.1 Å². The maximum Gasteiger partial charge on any atom is 0.305 e. The quantitative estimate of drug-likeness (QED) is 0.691. The molecule has 0 aliphatic carbocycles. The highest BCUT2D eigenvalue weighted by atomic mass is 19.1. The highest BCUT2D eigenvalue weighted by Crippen LogP contribution is 2.30. The number of aryl methyl sites for hydroxylation is 1. The molecule has 0 aliphatic heterocycles. The van der Waals surface area contributed by atoms with Crippen LogP contribution in [0.5, 0.6) is 0 Å². The van der Waals surface area contributed by atoms with Crippen molar-refractivity contribution in [2.24, 2.45) is 0 Å². The van der Waals surface area contributed by atoms with Crippen molar-refractivity contribution in [3.8, 4) is 11.4 Å². The van der Waals surface area contributed by atoms with Crippen molar-refractivity contribution in [3.05, 3.63) is 45.6 Å². The van der Waals surface area contributed by atoms with Crippen LogP contribution in [0.25, 0.3) is 11.4 Å². The van der Waals surface area contributed by atoms with Crippen LogP contribution in [0.2, 0.25) is 0 Å². The normalized spacial score (nSPS) is 10.6. The van der Waals surface area contributed by atoms with Gasteiger partial charge < -0.3 is 5.73 Å². The first kappa shape index (κ1) is 14.8. The van der Waals surface area contributed by atoms with Crippen LogP contribution in [0, 0.1) is 21.7 Å². The van der Waals surface area contributed by atoms with E-state index in [-0.39, 0.29) is 11.6 Å². The maximum atomic E-state index is 14.1. The van der Waals surface area contributed by atoms with Crippen LogP contribution in [-0.2, 0) is 6.42 Å². The van der Waals surface area contributed by atoms with E-state index in [4.69, 9.17) is 5.73 Å². The molecule has 0 aliphatic rings. The Morgan fingerprint density at radius 2 is 2.05 bits per heavy atom. The van der Waals surface area contributed by atoms with Crippen LogP contribution in [0.4, 0.5) is 20.3 Å². The number of hydrogen-bond acceptors (Lipinski definition) is 5. The zero-order valence-corrected chi connectivity index (χ0v) is 11.1. The van der Waals surface area contributed by atoms with Gasteiger partial charge in [-0.3, -0.25) is 10.1 Å². The van der Waals surface area contributed by atoms with Crippen LogP contribution in [0.3, 0.4) is 0 Å². The first-order chi connectivity index (χ1) is 9.93. The molecule has 21 heavy (non-hydrogen) atoms. The molecule has 2 N–H and O–H groups in total. The Bertz CT molecular complexity index is 707. The Kier molecular flexibility index (Phi) is 4.06. The summed E-state index contributed by atoms with van der Waals surface area (Å²) in [4.78, 5) is 17.6.